The van der Waals surface area contributed by atoms with Crippen molar-refractivity contribution >= 4 is 33.3 Å². The topological polar surface area (TPSA) is 117 Å². The normalized spacial score (nSPS) is 18.8. The van der Waals surface area contributed by atoms with Gasteiger partial charge in [-0.15, -0.1) is 0 Å². The van der Waals surface area contributed by atoms with E-state index >= 15 is 0 Å². The number of carbonyl (C=O) groups excluding carboxylic acids is 1. The molecule has 2 atom stereocenters. The number of nitrogens with zero attached hydrogens (tertiary/aromatic N) is 4. The minimum atomic E-state index is -0.211. The molecule has 1 aliphatic heterocycles. The number of hydrogen-bond donors (Lipinski definition) is 3. The minimum absolute atomic E-state index is 0.171. The van der Waals surface area contributed by atoms with Crippen molar-refractivity contribution in [3.63, 3.8) is 0 Å². The Morgan fingerprint density at radius 2 is 1.91 bits per heavy atom. The number of pyridine rings is 2. The van der Waals surface area contributed by atoms with Crippen molar-refractivity contribution in [2.24, 2.45) is 11.3 Å². The van der Waals surface area contributed by atoms with Crippen LogP contribution in [0.15, 0.2) is 48.8 Å². The van der Waals surface area contributed by atoms with Crippen molar-refractivity contribution < 1.29 is 9.90 Å². The van der Waals surface area contributed by atoms with E-state index in [4.69, 9.17) is 15.7 Å². The lowest BCUT2D eigenvalue weighted by molar-refractivity contribution is 0.0795. The van der Waals surface area contributed by atoms with E-state index in [1.807, 2.05) is 6.07 Å². The summed E-state index contributed by atoms with van der Waals surface area (Å²) in [5, 5.41) is 13.7. The number of nitrogens with one attached hydrogen (secondary N) is 1. The van der Waals surface area contributed by atoms with Crippen LogP contribution in [0, 0.1) is 11.3 Å². The molecule has 226 valence electrons. The third-order valence-corrected chi connectivity index (χ3v) is 10.2. The second kappa shape index (κ2) is 12.3. The molecule has 1 amide bonds. The van der Waals surface area contributed by atoms with Crippen LogP contribution in [0.3, 0.4) is 0 Å². The zero-order valence-electron chi connectivity index (χ0n) is 25.3. The van der Waals surface area contributed by atoms with Gasteiger partial charge in [0.1, 0.15) is 10.3 Å². The van der Waals surface area contributed by atoms with Crippen LogP contribution in [0.5, 0.6) is 0 Å². The van der Waals surface area contributed by atoms with Gasteiger partial charge in [-0.25, -0.2) is 9.97 Å². The van der Waals surface area contributed by atoms with Crippen molar-refractivity contribution in [1.82, 2.24) is 25.2 Å². The summed E-state index contributed by atoms with van der Waals surface area (Å²) in [7, 11) is 0. The van der Waals surface area contributed by atoms with Gasteiger partial charge in [0.15, 0.2) is 5.01 Å². The van der Waals surface area contributed by atoms with Crippen LogP contribution in [-0.2, 0) is 12.8 Å². The lowest BCUT2D eigenvalue weighted by Gasteiger charge is -2.34. The zero-order chi connectivity index (χ0) is 30.1. The minimum Gasteiger partial charge on any atom is -0.397 e. The van der Waals surface area contributed by atoms with E-state index < -0.39 is 0 Å². The Labute approximate surface area is 257 Å². The summed E-state index contributed by atoms with van der Waals surface area (Å²) in [5.74, 6) is 0.445. The Morgan fingerprint density at radius 1 is 1.14 bits per heavy atom. The van der Waals surface area contributed by atoms with Crippen LogP contribution >= 0.6 is 11.3 Å². The van der Waals surface area contributed by atoms with Crippen LogP contribution in [0.2, 0.25) is 0 Å². The zero-order valence-corrected chi connectivity index (χ0v) is 26.2. The van der Waals surface area contributed by atoms with E-state index in [0.29, 0.717) is 16.6 Å². The quantitative estimate of drug-likeness (QED) is 0.246. The summed E-state index contributed by atoms with van der Waals surface area (Å²) in [6, 6.07) is 12.1. The van der Waals surface area contributed by atoms with Crippen molar-refractivity contribution in [2.75, 3.05) is 25.4 Å². The fourth-order valence-corrected chi connectivity index (χ4v) is 7.25. The van der Waals surface area contributed by atoms with Gasteiger partial charge in [-0.2, -0.15) is 0 Å². The van der Waals surface area contributed by atoms with E-state index in [1.54, 1.807) is 12.4 Å². The predicted octanol–water partition coefficient (Wildman–Crippen LogP) is 5.80. The molecule has 1 saturated heterocycles. The molecule has 1 aromatic carbocycles. The van der Waals surface area contributed by atoms with E-state index in [2.05, 4.69) is 66.3 Å². The molecular weight excluding hydrogens is 556 g/mol. The number of likely N-dealkylation sites (tertiary alicyclic amines) is 1. The van der Waals surface area contributed by atoms with Crippen LogP contribution in [-0.4, -0.2) is 56.6 Å². The fourth-order valence-electron chi connectivity index (χ4n) is 6.41. The standard InChI is InChI=1S/C34H42N6O2S/c1-34(2,3)24-8-9-28-23(18-24)19-30-32(38-28)43-33(39-30)31(42)37-29(13-17-40-15-11-25(41)12-16-40)22-6-4-21(5-7-22)26-10-14-36-20-27(26)35/h4-7,10,14,19-20,24-25,29,41H,8-9,11-13,15-18,35H2,1-3H3,(H,37,42)/t24-,29+/m0/s1. The number of nitrogens with two attached hydrogens (primary N) is 1. The molecule has 4 heterocycles. The van der Waals surface area contributed by atoms with E-state index in [1.165, 1.54) is 16.9 Å². The number of benzene rings is 1. The molecule has 1 fully saturated rings. The number of aromatic nitrogens is 3. The number of carbonyl (C=O) groups is 1. The van der Waals surface area contributed by atoms with E-state index in [-0.39, 0.29) is 23.5 Å². The molecule has 0 spiro atoms. The second-order valence-electron chi connectivity index (χ2n) is 13.2. The van der Waals surface area contributed by atoms with Crippen molar-refractivity contribution in [3.05, 3.63) is 70.6 Å². The first-order valence-corrected chi connectivity index (χ1v) is 16.3. The molecular formula is C34H42N6O2S. The average Bonchev–Trinajstić information content (AvgIpc) is 3.41. The maximum atomic E-state index is 13.7. The highest BCUT2D eigenvalue weighted by Crippen LogP contribution is 2.38. The number of nitrogen functional groups attached to an aromatic ring is 1. The second-order valence-corrected chi connectivity index (χ2v) is 14.2. The van der Waals surface area contributed by atoms with Gasteiger partial charge in [-0.1, -0.05) is 56.4 Å². The van der Waals surface area contributed by atoms with Crippen molar-refractivity contribution in [1.29, 1.82) is 0 Å². The van der Waals surface area contributed by atoms with Crippen molar-refractivity contribution in [2.45, 2.75) is 71.4 Å². The Bertz CT molecular complexity index is 1590. The number of aryl methyl sites for hydroxylation is 1. The molecule has 0 bridgehead atoms. The largest absolute Gasteiger partial charge is 0.397 e. The highest BCUT2D eigenvalue weighted by Gasteiger charge is 2.30. The monoisotopic (exact) mass is 598 g/mol. The van der Waals surface area contributed by atoms with Gasteiger partial charge in [0.2, 0.25) is 0 Å². The maximum absolute atomic E-state index is 13.7. The number of amides is 1. The molecule has 0 radical (unpaired) electrons. The summed E-state index contributed by atoms with van der Waals surface area (Å²) < 4.78 is 0. The lowest BCUT2D eigenvalue weighted by Crippen LogP contribution is -2.38. The van der Waals surface area contributed by atoms with Crippen LogP contribution in [0.1, 0.15) is 79.1 Å². The van der Waals surface area contributed by atoms with Crippen molar-refractivity contribution in [3.8, 4) is 11.1 Å². The molecule has 4 aromatic rings. The molecule has 43 heavy (non-hydrogen) atoms. The molecule has 0 saturated carbocycles. The highest BCUT2D eigenvalue weighted by molar-refractivity contribution is 7.19. The molecule has 2 aliphatic rings. The number of thiazole rings is 1. The molecule has 6 rings (SSSR count). The molecule has 8 nitrogen and oxygen atoms in total. The predicted molar refractivity (Wildman–Crippen MR) is 173 cm³/mol. The summed E-state index contributed by atoms with van der Waals surface area (Å²) in [6.45, 7) is 9.51. The number of aliphatic hydroxyl groups excluding tert-OH is 1. The number of fused-ring (bicyclic) bond motifs is 2. The van der Waals surface area contributed by atoms with Crippen LogP contribution in [0.25, 0.3) is 21.5 Å². The smallest absolute Gasteiger partial charge is 0.280 e. The number of anilines is 1. The molecule has 3 aromatic heterocycles. The summed E-state index contributed by atoms with van der Waals surface area (Å²) in [5.41, 5.74) is 13.3. The van der Waals surface area contributed by atoms with Crippen LogP contribution in [0.4, 0.5) is 5.69 Å². The SMILES string of the molecule is CC(C)(C)[C@H]1CCc2nc3sc(C(=O)N[C@H](CCN4CCC(O)CC4)c4ccc(-c5ccncc5N)cc4)nc3cc2C1. The summed E-state index contributed by atoms with van der Waals surface area (Å²) in [6.07, 6.45) is 8.66. The first-order valence-electron chi connectivity index (χ1n) is 15.4. The maximum Gasteiger partial charge on any atom is 0.280 e. The molecule has 4 N–H and O–H groups in total. The van der Waals surface area contributed by atoms with Gasteiger partial charge in [-0.3, -0.25) is 9.78 Å². The number of hydrogen-bond acceptors (Lipinski definition) is 8. The summed E-state index contributed by atoms with van der Waals surface area (Å²) >= 11 is 1.38. The Balaban J connectivity index is 1.22. The number of aliphatic hydroxyl groups is 1. The van der Waals surface area contributed by atoms with Gasteiger partial charge in [0.05, 0.1) is 24.0 Å². The van der Waals surface area contributed by atoms with Gasteiger partial charge in [0, 0.05) is 37.1 Å². The highest BCUT2D eigenvalue weighted by atomic mass is 32.1. The van der Waals surface area contributed by atoms with Gasteiger partial charge in [-0.05, 0) is 78.7 Å². The molecule has 1 aliphatic carbocycles. The fraction of sp³-hybridized carbons (Fsp3) is 0.471. The number of piperidine rings is 1. The first-order chi connectivity index (χ1) is 20.6. The Hall–Kier alpha value is -3.40. The molecule has 9 heteroatoms. The third kappa shape index (κ3) is 6.74. The van der Waals surface area contributed by atoms with E-state index in [9.17, 15) is 9.90 Å². The summed E-state index contributed by atoms with van der Waals surface area (Å²) in [4.78, 5) is 30.7. The number of rotatable bonds is 7. The average molecular weight is 599 g/mol. The van der Waals surface area contributed by atoms with Gasteiger partial charge >= 0.3 is 0 Å². The molecule has 0 unspecified atom stereocenters. The third-order valence-electron chi connectivity index (χ3n) is 9.24. The first kappa shape index (κ1) is 29.7. The lowest BCUT2D eigenvalue weighted by atomic mass is 9.71. The van der Waals surface area contributed by atoms with Gasteiger partial charge < -0.3 is 21.1 Å². The van der Waals surface area contributed by atoms with Crippen LogP contribution < -0.4 is 11.1 Å². The van der Waals surface area contributed by atoms with Gasteiger partial charge in [0.25, 0.3) is 5.91 Å². The van der Waals surface area contributed by atoms with E-state index in [0.717, 1.165) is 90.9 Å². The Morgan fingerprint density at radius 3 is 2.63 bits per heavy atom. The Kier molecular flexibility index (Phi) is 8.49.